The second-order valence-corrected chi connectivity index (χ2v) is 7.41. The summed E-state index contributed by atoms with van der Waals surface area (Å²) in [6, 6.07) is 5.96. The summed E-state index contributed by atoms with van der Waals surface area (Å²) in [4.78, 5) is 27.8. The molecule has 25 heavy (non-hydrogen) atoms. The standard InChI is InChI=1S/C20H31N3O2/c1-5-11-23(12-17-9-10-17)19(25)14-22(4)13-18(24)21-20-15(2)7-6-8-16(20)3/h6-8,17H,5,9-14H2,1-4H3,(H,21,24)/p+1. The van der Waals surface area contributed by atoms with Gasteiger partial charge in [0.15, 0.2) is 13.1 Å². The Morgan fingerprint density at radius 2 is 1.84 bits per heavy atom. The maximum absolute atomic E-state index is 12.5. The van der Waals surface area contributed by atoms with Crippen LogP contribution < -0.4 is 10.2 Å². The van der Waals surface area contributed by atoms with Crippen molar-refractivity contribution in [3.63, 3.8) is 0 Å². The number of benzene rings is 1. The number of para-hydroxylation sites is 1. The van der Waals surface area contributed by atoms with Crippen molar-refractivity contribution in [3.05, 3.63) is 29.3 Å². The fourth-order valence-corrected chi connectivity index (χ4v) is 3.10. The highest BCUT2D eigenvalue weighted by Gasteiger charge is 2.27. The van der Waals surface area contributed by atoms with E-state index >= 15 is 0 Å². The maximum Gasteiger partial charge on any atom is 0.279 e. The first kappa shape index (κ1) is 19.4. The molecule has 1 saturated carbocycles. The first-order valence-electron chi connectivity index (χ1n) is 9.35. The zero-order chi connectivity index (χ0) is 18.4. The van der Waals surface area contributed by atoms with Crippen LogP contribution in [0, 0.1) is 19.8 Å². The predicted octanol–water partition coefficient (Wildman–Crippen LogP) is 1.41. The van der Waals surface area contributed by atoms with Gasteiger partial charge in [-0.15, -0.1) is 0 Å². The highest BCUT2D eigenvalue weighted by molar-refractivity contribution is 5.93. The largest absolute Gasteiger partial charge is 0.338 e. The average molecular weight is 346 g/mol. The Morgan fingerprint density at radius 1 is 1.20 bits per heavy atom. The monoisotopic (exact) mass is 346 g/mol. The molecule has 1 unspecified atom stereocenters. The van der Waals surface area contributed by atoms with Gasteiger partial charge in [0.2, 0.25) is 0 Å². The van der Waals surface area contributed by atoms with Gasteiger partial charge in [0.05, 0.1) is 7.05 Å². The van der Waals surface area contributed by atoms with E-state index < -0.39 is 0 Å². The van der Waals surface area contributed by atoms with E-state index in [9.17, 15) is 9.59 Å². The van der Waals surface area contributed by atoms with E-state index in [1.165, 1.54) is 12.8 Å². The molecule has 1 aromatic rings. The van der Waals surface area contributed by atoms with E-state index in [-0.39, 0.29) is 11.8 Å². The van der Waals surface area contributed by atoms with Crippen LogP contribution in [0.3, 0.4) is 0 Å². The van der Waals surface area contributed by atoms with Gasteiger partial charge in [-0.3, -0.25) is 9.59 Å². The summed E-state index contributed by atoms with van der Waals surface area (Å²) in [6.45, 7) is 8.44. The molecule has 1 aliphatic carbocycles. The Balaban J connectivity index is 1.84. The SMILES string of the molecule is CCCN(CC1CC1)C(=O)C[NH+](C)CC(=O)Nc1c(C)cccc1C. The van der Waals surface area contributed by atoms with Crippen LogP contribution in [0.2, 0.25) is 0 Å². The van der Waals surface area contributed by atoms with Crippen LogP contribution in [0.25, 0.3) is 0 Å². The number of rotatable bonds is 9. The van der Waals surface area contributed by atoms with E-state index in [0.29, 0.717) is 19.0 Å². The number of carbonyl (C=O) groups is 2. The topological polar surface area (TPSA) is 53.9 Å². The first-order chi connectivity index (χ1) is 11.9. The van der Waals surface area contributed by atoms with Crippen molar-refractivity contribution >= 4 is 17.5 Å². The molecular weight excluding hydrogens is 314 g/mol. The van der Waals surface area contributed by atoms with E-state index in [4.69, 9.17) is 0 Å². The number of hydrogen-bond donors (Lipinski definition) is 2. The lowest BCUT2D eigenvalue weighted by Crippen LogP contribution is -3.11. The Kier molecular flexibility index (Phi) is 7.00. The second-order valence-electron chi connectivity index (χ2n) is 7.41. The number of aryl methyl sites for hydroxylation is 2. The summed E-state index contributed by atoms with van der Waals surface area (Å²) in [5.41, 5.74) is 2.99. The van der Waals surface area contributed by atoms with E-state index in [1.54, 1.807) is 0 Å². The van der Waals surface area contributed by atoms with Crippen molar-refractivity contribution in [2.45, 2.75) is 40.0 Å². The lowest BCUT2D eigenvalue weighted by atomic mass is 10.1. The van der Waals surface area contributed by atoms with Gasteiger partial charge in [0, 0.05) is 18.8 Å². The van der Waals surface area contributed by atoms with Crippen molar-refractivity contribution in [1.82, 2.24) is 4.90 Å². The number of quaternary nitrogens is 1. The Labute approximate surface area is 151 Å². The molecule has 1 aliphatic rings. The summed E-state index contributed by atoms with van der Waals surface area (Å²) in [6.07, 6.45) is 3.47. The molecule has 5 heteroatoms. The summed E-state index contributed by atoms with van der Waals surface area (Å²) in [5, 5.41) is 2.99. The van der Waals surface area contributed by atoms with Crippen LogP contribution >= 0.6 is 0 Å². The summed E-state index contributed by atoms with van der Waals surface area (Å²) >= 11 is 0. The molecule has 0 radical (unpaired) electrons. The van der Waals surface area contributed by atoms with Crippen LogP contribution in [0.1, 0.15) is 37.3 Å². The molecule has 2 N–H and O–H groups in total. The molecule has 138 valence electrons. The number of hydrogen-bond acceptors (Lipinski definition) is 2. The molecule has 0 saturated heterocycles. The Hall–Kier alpha value is -1.88. The lowest BCUT2D eigenvalue weighted by molar-refractivity contribution is -0.862. The maximum atomic E-state index is 12.5. The van der Waals surface area contributed by atoms with Gasteiger partial charge in [-0.05, 0) is 50.2 Å². The smallest absolute Gasteiger partial charge is 0.279 e. The van der Waals surface area contributed by atoms with E-state index in [2.05, 4.69) is 12.2 Å². The van der Waals surface area contributed by atoms with Crippen LogP contribution in [-0.4, -0.2) is 49.9 Å². The van der Waals surface area contributed by atoms with Crippen LogP contribution in [0.5, 0.6) is 0 Å². The van der Waals surface area contributed by atoms with Crippen molar-refractivity contribution < 1.29 is 14.5 Å². The summed E-state index contributed by atoms with van der Waals surface area (Å²) in [5.74, 6) is 0.807. The van der Waals surface area contributed by atoms with Crippen molar-refractivity contribution in [3.8, 4) is 0 Å². The number of likely N-dealkylation sites (N-methyl/N-ethyl adjacent to an activating group) is 1. The minimum absolute atomic E-state index is 0.0491. The highest BCUT2D eigenvalue weighted by atomic mass is 16.2. The molecule has 1 aromatic carbocycles. The normalized spacial score (nSPS) is 14.9. The second kappa shape index (κ2) is 8.99. The zero-order valence-corrected chi connectivity index (χ0v) is 16.0. The van der Waals surface area contributed by atoms with Crippen LogP contribution in [0.4, 0.5) is 5.69 Å². The number of amides is 2. The third kappa shape index (κ3) is 6.16. The molecule has 5 nitrogen and oxygen atoms in total. The van der Waals surface area contributed by atoms with Gasteiger partial charge in [0.25, 0.3) is 11.8 Å². The third-order valence-corrected chi connectivity index (χ3v) is 4.68. The highest BCUT2D eigenvalue weighted by Crippen LogP contribution is 2.29. The lowest BCUT2D eigenvalue weighted by Gasteiger charge is -2.23. The third-order valence-electron chi connectivity index (χ3n) is 4.68. The Bertz CT molecular complexity index is 591. The van der Waals surface area contributed by atoms with Crippen molar-refractivity contribution in [2.24, 2.45) is 5.92 Å². The van der Waals surface area contributed by atoms with Crippen molar-refractivity contribution in [1.29, 1.82) is 0 Å². The summed E-state index contributed by atoms with van der Waals surface area (Å²) < 4.78 is 0. The summed E-state index contributed by atoms with van der Waals surface area (Å²) in [7, 11) is 1.91. The van der Waals surface area contributed by atoms with E-state index in [1.807, 2.05) is 44.0 Å². The minimum Gasteiger partial charge on any atom is -0.338 e. The number of anilines is 1. The van der Waals surface area contributed by atoms with Gasteiger partial charge >= 0.3 is 0 Å². The molecule has 0 spiro atoms. The van der Waals surface area contributed by atoms with Gasteiger partial charge in [0.1, 0.15) is 0 Å². The molecule has 2 rings (SSSR count). The van der Waals surface area contributed by atoms with Crippen LogP contribution in [-0.2, 0) is 9.59 Å². The van der Waals surface area contributed by atoms with Gasteiger partial charge in [-0.2, -0.15) is 0 Å². The molecule has 0 bridgehead atoms. The molecule has 0 aliphatic heterocycles. The average Bonchev–Trinajstić information content (AvgIpc) is 3.34. The molecule has 2 amide bonds. The zero-order valence-electron chi connectivity index (χ0n) is 16.0. The van der Waals surface area contributed by atoms with Gasteiger partial charge in [-0.1, -0.05) is 25.1 Å². The fraction of sp³-hybridized carbons (Fsp3) is 0.600. The molecule has 0 aromatic heterocycles. The van der Waals surface area contributed by atoms with Gasteiger partial charge < -0.3 is 15.1 Å². The van der Waals surface area contributed by atoms with E-state index in [0.717, 1.165) is 41.2 Å². The molecule has 1 fully saturated rings. The first-order valence-corrected chi connectivity index (χ1v) is 9.35. The fourth-order valence-electron chi connectivity index (χ4n) is 3.10. The van der Waals surface area contributed by atoms with Crippen molar-refractivity contribution in [2.75, 3.05) is 38.5 Å². The Morgan fingerprint density at radius 3 is 2.40 bits per heavy atom. The molecule has 1 atom stereocenters. The number of carbonyl (C=O) groups excluding carboxylic acids is 2. The molecular formula is C20H32N3O2+. The molecule has 0 heterocycles. The number of nitrogens with one attached hydrogen (secondary N) is 2. The van der Waals surface area contributed by atoms with Gasteiger partial charge in [-0.25, -0.2) is 0 Å². The quantitative estimate of drug-likeness (QED) is 0.710. The number of nitrogens with zero attached hydrogens (tertiary/aromatic N) is 1. The van der Waals surface area contributed by atoms with Crippen LogP contribution in [0.15, 0.2) is 18.2 Å². The minimum atomic E-state index is -0.0491. The predicted molar refractivity (Wildman–Crippen MR) is 101 cm³/mol.